The lowest BCUT2D eigenvalue weighted by Crippen LogP contribution is -2.40. The Labute approximate surface area is 141 Å². The van der Waals surface area contributed by atoms with Gasteiger partial charge in [0.05, 0.1) is 17.3 Å². The Morgan fingerprint density at radius 3 is 2.76 bits per heavy atom. The number of fused-ring (bicyclic) bond motifs is 1. The van der Waals surface area contributed by atoms with Crippen LogP contribution < -0.4 is 4.74 Å². The first kappa shape index (κ1) is 17.2. The quantitative estimate of drug-likeness (QED) is 0.786. The zero-order valence-corrected chi connectivity index (χ0v) is 13.2. The molecule has 2 aromatic rings. The number of alkyl halides is 3. The molecule has 4 nitrogen and oxygen atoms in total. The number of ether oxygens (including phenoxy) is 1. The largest absolute Gasteiger partial charge is 0.573 e. The fourth-order valence-corrected chi connectivity index (χ4v) is 2.89. The normalized spacial score (nSPS) is 15.7. The van der Waals surface area contributed by atoms with Crippen molar-refractivity contribution in [3.8, 4) is 5.75 Å². The average molecular weight is 354 g/mol. The van der Waals surface area contributed by atoms with Crippen LogP contribution in [0.3, 0.4) is 0 Å². The van der Waals surface area contributed by atoms with Crippen LogP contribution in [0.1, 0.15) is 34.6 Å². The van der Waals surface area contributed by atoms with Gasteiger partial charge in [-0.3, -0.25) is 9.78 Å². The van der Waals surface area contributed by atoms with E-state index >= 15 is 0 Å². The molecule has 1 aliphatic heterocycles. The molecule has 1 unspecified atom stereocenters. The van der Waals surface area contributed by atoms with E-state index in [2.05, 4.69) is 9.72 Å². The van der Waals surface area contributed by atoms with Crippen molar-refractivity contribution < 1.29 is 27.1 Å². The number of rotatable bonds is 3. The SMILES string of the molecule is CC(c1cc(OC(F)(F)F)ccc1F)N1CCc2ncccc2C1=O. The van der Waals surface area contributed by atoms with Crippen molar-refractivity contribution in [1.29, 1.82) is 0 Å². The number of amides is 1. The number of pyridine rings is 1. The highest BCUT2D eigenvalue weighted by molar-refractivity contribution is 5.96. The first-order chi connectivity index (χ1) is 11.8. The van der Waals surface area contributed by atoms with E-state index in [0.29, 0.717) is 24.2 Å². The topological polar surface area (TPSA) is 42.4 Å². The van der Waals surface area contributed by atoms with Gasteiger partial charge >= 0.3 is 6.36 Å². The summed E-state index contributed by atoms with van der Waals surface area (Å²) in [6, 6.07) is 5.27. The summed E-state index contributed by atoms with van der Waals surface area (Å²) in [7, 11) is 0. The lowest BCUT2D eigenvalue weighted by molar-refractivity contribution is -0.274. The minimum Gasteiger partial charge on any atom is -0.406 e. The van der Waals surface area contributed by atoms with Crippen LogP contribution in [0.15, 0.2) is 36.5 Å². The Morgan fingerprint density at radius 2 is 2.04 bits per heavy atom. The third kappa shape index (κ3) is 3.57. The van der Waals surface area contributed by atoms with E-state index < -0.39 is 24.0 Å². The lowest BCUT2D eigenvalue weighted by Gasteiger charge is -2.33. The second-order valence-electron chi connectivity index (χ2n) is 5.65. The molecule has 25 heavy (non-hydrogen) atoms. The van der Waals surface area contributed by atoms with Crippen molar-refractivity contribution in [3.63, 3.8) is 0 Å². The summed E-state index contributed by atoms with van der Waals surface area (Å²) >= 11 is 0. The molecule has 1 aromatic carbocycles. The molecular formula is C17H14F4N2O2. The van der Waals surface area contributed by atoms with Gasteiger partial charge in [-0.15, -0.1) is 13.2 Å². The van der Waals surface area contributed by atoms with E-state index in [-0.39, 0.29) is 11.5 Å². The van der Waals surface area contributed by atoms with Crippen LogP contribution in [0.5, 0.6) is 5.75 Å². The van der Waals surface area contributed by atoms with Gasteiger partial charge in [0.25, 0.3) is 5.91 Å². The van der Waals surface area contributed by atoms with E-state index in [1.54, 1.807) is 25.3 Å². The average Bonchev–Trinajstić information content (AvgIpc) is 2.55. The molecule has 0 bridgehead atoms. The predicted molar refractivity (Wildman–Crippen MR) is 80.5 cm³/mol. The van der Waals surface area contributed by atoms with Crippen LogP contribution >= 0.6 is 0 Å². The number of nitrogens with zero attached hydrogens (tertiary/aromatic N) is 2. The van der Waals surface area contributed by atoms with Crippen molar-refractivity contribution in [2.75, 3.05) is 6.54 Å². The number of hydrogen-bond acceptors (Lipinski definition) is 3. The molecule has 0 aliphatic carbocycles. The molecular weight excluding hydrogens is 340 g/mol. The second-order valence-corrected chi connectivity index (χ2v) is 5.65. The molecule has 0 saturated carbocycles. The summed E-state index contributed by atoms with van der Waals surface area (Å²) in [5.41, 5.74) is 1.04. The molecule has 0 fully saturated rings. The summed E-state index contributed by atoms with van der Waals surface area (Å²) in [6.07, 6.45) is -2.79. The minimum atomic E-state index is -4.87. The first-order valence-corrected chi connectivity index (χ1v) is 7.56. The molecule has 0 saturated heterocycles. The van der Waals surface area contributed by atoms with E-state index in [9.17, 15) is 22.4 Å². The van der Waals surface area contributed by atoms with Crippen LogP contribution in [0.2, 0.25) is 0 Å². The standard InChI is InChI=1S/C17H14F4N2O2/c1-10(13-9-11(4-5-14(13)18)25-17(19,20)21)23-8-6-15-12(16(23)24)3-2-7-22-15/h2-5,7,9-10H,6,8H2,1H3. The smallest absolute Gasteiger partial charge is 0.406 e. The molecule has 2 heterocycles. The predicted octanol–water partition coefficient (Wildman–Crippen LogP) is 3.88. The Kier molecular flexibility index (Phi) is 4.36. The number of benzene rings is 1. The first-order valence-electron chi connectivity index (χ1n) is 7.56. The monoisotopic (exact) mass is 354 g/mol. The van der Waals surface area contributed by atoms with Crippen LogP contribution in [-0.4, -0.2) is 28.7 Å². The molecule has 8 heteroatoms. The highest BCUT2D eigenvalue weighted by Gasteiger charge is 2.33. The van der Waals surface area contributed by atoms with Crippen molar-refractivity contribution in [1.82, 2.24) is 9.88 Å². The third-order valence-corrected chi connectivity index (χ3v) is 4.09. The van der Waals surface area contributed by atoms with E-state index in [1.165, 1.54) is 4.90 Å². The highest BCUT2D eigenvalue weighted by atomic mass is 19.4. The minimum absolute atomic E-state index is 0.0394. The molecule has 3 rings (SSSR count). The van der Waals surface area contributed by atoms with Gasteiger partial charge < -0.3 is 9.64 Å². The summed E-state index contributed by atoms with van der Waals surface area (Å²) in [5, 5.41) is 0. The Morgan fingerprint density at radius 1 is 1.28 bits per heavy atom. The van der Waals surface area contributed by atoms with Crippen molar-refractivity contribution >= 4 is 5.91 Å². The van der Waals surface area contributed by atoms with Gasteiger partial charge in [0.1, 0.15) is 11.6 Å². The van der Waals surface area contributed by atoms with Gasteiger partial charge in [0, 0.05) is 24.7 Å². The number of hydrogen-bond donors (Lipinski definition) is 0. The summed E-state index contributed by atoms with van der Waals surface area (Å²) in [5.74, 6) is -1.56. The number of carbonyl (C=O) groups excluding carboxylic acids is 1. The van der Waals surface area contributed by atoms with Crippen LogP contribution in [0, 0.1) is 5.82 Å². The zero-order valence-electron chi connectivity index (χ0n) is 13.2. The van der Waals surface area contributed by atoms with Gasteiger partial charge in [0.2, 0.25) is 0 Å². The zero-order chi connectivity index (χ0) is 18.2. The third-order valence-electron chi connectivity index (χ3n) is 4.09. The number of halogens is 4. The van der Waals surface area contributed by atoms with E-state index in [1.807, 2.05) is 0 Å². The molecule has 132 valence electrons. The molecule has 1 aromatic heterocycles. The van der Waals surface area contributed by atoms with Gasteiger partial charge in [-0.1, -0.05) is 0 Å². The maximum Gasteiger partial charge on any atom is 0.573 e. The molecule has 0 spiro atoms. The fraction of sp³-hybridized carbons (Fsp3) is 0.294. The molecule has 0 N–H and O–H groups in total. The van der Waals surface area contributed by atoms with Gasteiger partial charge in [-0.25, -0.2) is 4.39 Å². The second kappa shape index (κ2) is 6.34. The number of carbonyl (C=O) groups is 1. The Bertz CT molecular complexity index is 807. The maximum atomic E-state index is 14.1. The van der Waals surface area contributed by atoms with Gasteiger partial charge in [-0.05, 0) is 37.3 Å². The van der Waals surface area contributed by atoms with Crippen molar-refractivity contribution in [3.05, 3.63) is 59.2 Å². The van der Waals surface area contributed by atoms with Crippen LogP contribution in [0.25, 0.3) is 0 Å². The van der Waals surface area contributed by atoms with E-state index in [4.69, 9.17) is 0 Å². The molecule has 0 radical (unpaired) electrons. The Hall–Kier alpha value is -2.64. The maximum absolute atomic E-state index is 14.1. The van der Waals surface area contributed by atoms with Crippen LogP contribution in [0.4, 0.5) is 17.6 Å². The van der Waals surface area contributed by atoms with Gasteiger partial charge in [0.15, 0.2) is 0 Å². The van der Waals surface area contributed by atoms with E-state index in [0.717, 1.165) is 18.2 Å². The lowest BCUT2D eigenvalue weighted by atomic mass is 9.99. The molecule has 1 atom stereocenters. The molecule has 1 aliphatic rings. The fourth-order valence-electron chi connectivity index (χ4n) is 2.89. The summed E-state index contributed by atoms with van der Waals surface area (Å²) in [6.45, 7) is 1.86. The molecule has 1 amide bonds. The number of aromatic nitrogens is 1. The van der Waals surface area contributed by atoms with Crippen molar-refractivity contribution in [2.24, 2.45) is 0 Å². The summed E-state index contributed by atoms with van der Waals surface area (Å²) in [4.78, 5) is 18.2. The van der Waals surface area contributed by atoms with Gasteiger partial charge in [-0.2, -0.15) is 0 Å². The highest BCUT2D eigenvalue weighted by Crippen LogP contribution is 2.32. The van der Waals surface area contributed by atoms with Crippen molar-refractivity contribution in [2.45, 2.75) is 25.7 Å². The van der Waals surface area contributed by atoms with Crippen LogP contribution in [-0.2, 0) is 6.42 Å². The summed E-state index contributed by atoms with van der Waals surface area (Å²) < 4.78 is 55.1. The Balaban J connectivity index is 1.90.